The molecule has 7 heteroatoms. The Morgan fingerprint density at radius 3 is 2.64 bits per heavy atom. The van der Waals surface area contributed by atoms with Crippen LogP contribution in [0, 0.1) is 5.92 Å². The second-order valence-corrected chi connectivity index (χ2v) is 6.60. The van der Waals surface area contributed by atoms with E-state index in [0.717, 1.165) is 28.8 Å². The van der Waals surface area contributed by atoms with E-state index in [-0.39, 0.29) is 0 Å². The number of primary amides is 1. The largest absolute Gasteiger partial charge is 0.382 e. The molecule has 3 rings (SSSR count). The van der Waals surface area contributed by atoms with Gasteiger partial charge < -0.3 is 20.9 Å². The molecule has 0 spiro atoms. The third-order valence-corrected chi connectivity index (χ3v) is 4.26. The van der Waals surface area contributed by atoms with Crippen LogP contribution in [-0.2, 0) is 13.1 Å². The van der Waals surface area contributed by atoms with E-state index >= 15 is 0 Å². The molecule has 2 aromatic heterocycles. The van der Waals surface area contributed by atoms with Crippen molar-refractivity contribution in [1.82, 2.24) is 19.4 Å². The number of para-hydroxylation sites is 1. The number of nitrogens with two attached hydrogens (primary N) is 2. The van der Waals surface area contributed by atoms with E-state index in [4.69, 9.17) is 16.5 Å². The Morgan fingerprint density at radius 2 is 2.00 bits per heavy atom. The van der Waals surface area contributed by atoms with Gasteiger partial charge in [-0.25, -0.2) is 14.8 Å². The fourth-order valence-corrected chi connectivity index (χ4v) is 3.10. The normalized spacial score (nSPS) is 11.5. The summed E-state index contributed by atoms with van der Waals surface area (Å²) < 4.78 is 2.14. The van der Waals surface area contributed by atoms with Crippen molar-refractivity contribution in [2.75, 3.05) is 12.3 Å². The predicted octanol–water partition coefficient (Wildman–Crippen LogP) is 2.72. The highest BCUT2D eigenvalue weighted by Crippen LogP contribution is 2.29. The van der Waals surface area contributed by atoms with Crippen LogP contribution in [-0.4, -0.2) is 32.0 Å². The van der Waals surface area contributed by atoms with Gasteiger partial charge in [0, 0.05) is 18.5 Å². The molecule has 2 amide bonds. The summed E-state index contributed by atoms with van der Waals surface area (Å²) in [7, 11) is 0. The highest BCUT2D eigenvalue weighted by molar-refractivity contribution is 6.06. The number of aromatic nitrogens is 3. The number of pyridine rings is 1. The Balaban J connectivity index is 2.28. The summed E-state index contributed by atoms with van der Waals surface area (Å²) in [5.74, 6) is 1.58. The van der Waals surface area contributed by atoms with E-state index in [1.54, 1.807) is 4.90 Å². The zero-order valence-corrected chi connectivity index (χ0v) is 14.9. The van der Waals surface area contributed by atoms with Gasteiger partial charge in [0.1, 0.15) is 11.3 Å². The van der Waals surface area contributed by atoms with Gasteiger partial charge in [-0.3, -0.25) is 0 Å². The first-order valence-corrected chi connectivity index (χ1v) is 8.50. The Kier molecular flexibility index (Phi) is 4.48. The van der Waals surface area contributed by atoms with E-state index in [1.165, 1.54) is 0 Å². The minimum atomic E-state index is -0.457. The number of nitrogen functional groups attached to an aromatic ring is 1. The number of imidazole rings is 1. The van der Waals surface area contributed by atoms with Crippen molar-refractivity contribution < 1.29 is 4.79 Å². The molecule has 3 aromatic rings. The van der Waals surface area contributed by atoms with Gasteiger partial charge in [0.25, 0.3) is 0 Å². The van der Waals surface area contributed by atoms with Gasteiger partial charge in [0.2, 0.25) is 0 Å². The second-order valence-electron chi connectivity index (χ2n) is 6.60. The number of nitrogens with zero attached hydrogens (tertiary/aromatic N) is 4. The molecule has 0 bridgehead atoms. The molecule has 7 nitrogen and oxygen atoms in total. The van der Waals surface area contributed by atoms with Gasteiger partial charge in [-0.05, 0) is 18.9 Å². The molecule has 0 unspecified atom stereocenters. The van der Waals surface area contributed by atoms with Crippen LogP contribution in [0.25, 0.3) is 21.9 Å². The molecule has 0 radical (unpaired) electrons. The fraction of sp³-hybridized carbons (Fsp3) is 0.389. The summed E-state index contributed by atoms with van der Waals surface area (Å²) in [4.78, 5) is 22.4. The van der Waals surface area contributed by atoms with E-state index in [1.807, 2.05) is 31.2 Å². The van der Waals surface area contributed by atoms with Crippen LogP contribution in [0.4, 0.5) is 10.6 Å². The van der Waals surface area contributed by atoms with Gasteiger partial charge in [0.05, 0.1) is 17.6 Å². The number of carbonyl (C=O) groups is 1. The first-order valence-electron chi connectivity index (χ1n) is 8.50. The van der Waals surface area contributed by atoms with Gasteiger partial charge in [-0.1, -0.05) is 32.0 Å². The first kappa shape index (κ1) is 17.0. The first-order chi connectivity index (χ1) is 11.9. The molecule has 25 heavy (non-hydrogen) atoms. The predicted molar refractivity (Wildman–Crippen MR) is 100.0 cm³/mol. The molecule has 0 aliphatic heterocycles. The second kappa shape index (κ2) is 6.58. The Morgan fingerprint density at radius 1 is 1.28 bits per heavy atom. The molecule has 0 fully saturated rings. The standard InChI is InChI=1S/C18H24N6O/c1-4-23(18(20)25)10-14-22-15-16(24(14)9-11(2)3)12-7-5-6-8-13(12)21-17(15)19/h5-8,11H,4,9-10H2,1-3H3,(H2,19,21)(H2,20,25). The molecule has 1 aromatic carbocycles. The maximum Gasteiger partial charge on any atom is 0.315 e. The molecule has 0 aliphatic carbocycles. The number of urea groups is 1. The molecule has 0 saturated heterocycles. The topological polar surface area (TPSA) is 103 Å². The van der Waals surface area contributed by atoms with Crippen molar-refractivity contribution in [3.8, 4) is 0 Å². The highest BCUT2D eigenvalue weighted by Gasteiger charge is 2.20. The average Bonchev–Trinajstić information content (AvgIpc) is 2.91. The lowest BCUT2D eigenvalue weighted by molar-refractivity contribution is 0.205. The average molecular weight is 340 g/mol. The third-order valence-electron chi connectivity index (χ3n) is 4.26. The lowest BCUT2D eigenvalue weighted by Gasteiger charge is -2.19. The maximum atomic E-state index is 11.6. The van der Waals surface area contributed by atoms with Crippen molar-refractivity contribution in [1.29, 1.82) is 0 Å². The van der Waals surface area contributed by atoms with Crippen molar-refractivity contribution in [3.05, 3.63) is 30.1 Å². The van der Waals surface area contributed by atoms with Crippen molar-refractivity contribution in [3.63, 3.8) is 0 Å². The Hall–Kier alpha value is -2.83. The lowest BCUT2D eigenvalue weighted by atomic mass is 10.1. The quantitative estimate of drug-likeness (QED) is 0.745. The molecular formula is C18H24N6O. The number of rotatable bonds is 5. The fourth-order valence-electron chi connectivity index (χ4n) is 3.10. The van der Waals surface area contributed by atoms with E-state index in [0.29, 0.717) is 30.3 Å². The summed E-state index contributed by atoms with van der Waals surface area (Å²) in [6.07, 6.45) is 0. The van der Waals surface area contributed by atoms with Gasteiger partial charge >= 0.3 is 6.03 Å². The minimum Gasteiger partial charge on any atom is -0.382 e. The number of benzene rings is 1. The Labute approximate surface area is 146 Å². The summed E-state index contributed by atoms with van der Waals surface area (Å²) >= 11 is 0. The molecule has 0 aliphatic rings. The number of amides is 2. The van der Waals surface area contributed by atoms with Crippen LogP contribution in [0.5, 0.6) is 0 Å². The molecule has 132 valence electrons. The van der Waals surface area contributed by atoms with Crippen molar-refractivity contribution in [2.24, 2.45) is 11.7 Å². The third kappa shape index (κ3) is 3.09. The monoisotopic (exact) mass is 340 g/mol. The van der Waals surface area contributed by atoms with E-state index < -0.39 is 6.03 Å². The van der Waals surface area contributed by atoms with Gasteiger partial charge in [-0.2, -0.15) is 0 Å². The van der Waals surface area contributed by atoms with E-state index in [9.17, 15) is 4.79 Å². The van der Waals surface area contributed by atoms with Crippen LogP contribution in [0.1, 0.15) is 26.6 Å². The van der Waals surface area contributed by atoms with Crippen LogP contribution < -0.4 is 11.5 Å². The molecule has 0 atom stereocenters. The number of hydrogen-bond donors (Lipinski definition) is 2. The zero-order valence-electron chi connectivity index (χ0n) is 14.9. The highest BCUT2D eigenvalue weighted by atomic mass is 16.2. The van der Waals surface area contributed by atoms with Crippen LogP contribution in [0.2, 0.25) is 0 Å². The van der Waals surface area contributed by atoms with Gasteiger partial charge in [0.15, 0.2) is 5.82 Å². The van der Waals surface area contributed by atoms with E-state index in [2.05, 4.69) is 23.4 Å². The van der Waals surface area contributed by atoms with Crippen LogP contribution in [0.15, 0.2) is 24.3 Å². The van der Waals surface area contributed by atoms with Crippen LogP contribution in [0.3, 0.4) is 0 Å². The molecular weight excluding hydrogens is 316 g/mol. The lowest BCUT2D eigenvalue weighted by Crippen LogP contribution is -2.35. The van der Waals surface area contributed by atoms with Crippen molar-refractivity contribution >= 4 is 33.8 Å². The summed E-state index contributed by atoms with van der Waals surface area (Å²) in [6.45, 7) is 7.83. The Bertz CT molecular complexity index is 930. The van der Waals surface area contributed by atoms with Gasteiger partial charge in [-0.15, -0.1) is 0 Å². The summed E-state index contributed by atoms with van der Waals surface area (Å²) in [5, 5.41) is 1.01. The number of hydrogen-bond acceptors (Lipinski definition) is 4. The van der Waals surface area contributed by atoms with Crippen molar-refractivity contribution in [2.45, 2.75) is 33.9 Å². The molecule has 2 heterocycles. The number of anilines is 1. The number of fused-ring (bicyclic) bond motifs is 3. The summed E-state index contributed by atoms with van der Waals surface area (Å²) in [5.41, 5.74) is 14.1. The molecule has 4 N–H and O–H groups in total. The maximum absolute atomic E-state index is 11.6. The summed E-state index contributed by atoms with van der Waals surface area (Å²) in [6, 6.07) is 7.43. The SMILES string of the molecule is CCN(Cc1nc2c(N)nc3ccccc3c2n1CC(C)C)C(N)=O. The minimum absolute atomic E-state index is 0.348. The molecule has 0 saturated carbocycles. The number of carbonyl (C=O) groups excluding carboxylic acids is 1. The zero-order chi connectivity index (χ0) is 18.1. The van der Waals surface area contributed by atoms with Crippen LogP contribution >= 0.6 is 0 Å². The smallest absolute Gasteiger partial charge is 0.315 e.